The molecule has 0 aliphatic carbocycles. The van der Waals surface area contributed by atoms with E-state index in [9.17, 15) is 13.2 Å². The van der Waals surface area contributed by atoms with Crippen LogP contribution >= 0.6 is 11.8 Å². The molecule has 6 heteroatoms. The van der Waals surface area contributed by atoms with Crippen molar-refractivity contribution in [2.75, 3.05) is 0 Å². The lowest BCUT2D eigenvalue weighted by atomic mass is 10.1. The summed E-state index contributed by atoms with van der Waals surface area (Å²) in [5, 5.41) is 7.02. The smallest absolute Gasteiger partial charge is 0.387 e. The SMILES string of the molecule is N=C(N)Cc1ccc(SC(F)(F)F)cc1. The van der Waals surface area contributed by atoms with Crippen LogP contribution in [0.1, 0.15) is 5.56 Å². The second-order valence-electron chi connectivity index (χ2n) is 2.89. The first-order valence-corrected chi connectivity index (χ1v) is 4.86. The average Bonchev–Trinajstić information content (AvgIpc) is 2.05. The summed E-state index contributed by atoms with van der Waals surface area (Å²) in [5.41, 5.74) is 1.63. The van der Waals surface area contributed by atoms with E-state index in [-0.39, 0.29) is 28.9 Å². The normalized spacial score (nSPS) is 11.4. The summed E-state index contributed by atoms with van der Waals surface area (Å²) in [6, 6.07) is 5.82. The molecule has 0 aromatic heterocycles. The van der Waals surface area contributed by atoms with Crippen LogP contribution in [-0.4, -0.2) is 11.3 Å². The van der Waals surface area contributed by atoms with E-state index in [1.165, 1.54) is 24.3 Å². The summed E-state index contributed by atoms with van der Waals surface area (Å²) < 4.78 is 35.9. The maximum absolute atomic E-state index is 12.0. The minimum absolute atomic E-state index is 0.00813. The molecular formula is C9H9F3N2S. The van der Waals surface area contributed by atoms with Crippen molar-refractivity contribution in [3.63, 3.8) is 0 Å². The zero-order valence-electron chi connectivity index (χ0n) is 7.64. The van der Waals surface area contributed by atoms with Gasteiger partial charge >= 0.3 is 5.51 Å². The molecule has 0 atom stereocenters. The van der Waals surface area contributed by atoms with Gasteiger partial charge in [-0.25, -0.2) is 0 Å². The third kappa shape index (κ3) is 4.73. The monoisotopic (exact) mass is 234 g/mol. The van der Waals surface area contributed by atoms with E-state index in [2.05, 4.69) is 0 Å². The Balaban J connectivity index is 2.68. The molecule has 0 unspecified atom stereocenters. The van der Waals surface area contributed by atoms with Crippen LogP contribution in [0.3, 0.4) is 0 Å². The van der Waals surface area contributed by atoms with Crippen molar-refractivity contribution >= 4 is 17.6 Å². The number of nitrogens with one attached hydrogen (secondary N) is 1. The number of rotatable bonds is 3. The van der Waals surface area contributed by atoms with Gasteiger partial charge in [-0.05, 0) is 29.5 Å². The fraction of sp³-hybridized carbons (Fsp3) is 0.222. The van der Waals surface area contributed by atoms with Gasteiger partial charge in [-0.1, -0.05) is 12.1 Å². The van der Waals surface area contributed by atoms with Crippen LogP contribution in [0.2, 0.25) is 0 Å². The number of nitrogens with two attached hydrogens (primary N) is 1. The van der Waals surface area contributed by atoms with E-state index < -0.39 is 5.51 Å². The molecule has 1 aromatic rings. The lowest BCUT2D eigenvalue weighted by molar-refractivity contribution is -0.0328. The fourth-order valence-corrected chi connectivity index (χ4v) is 1.57. The number of halogens is 3. The molecule has 0 saturated heterocycles. The minimum atomic E-state index is -4.26. The quantitative estimate of drug-likeness (QED) is 0.480. The van der Waals surface area contributed by atoms with Gasteiger partial charge in [0.2, 0.25) is 0 Å². The van der Waals surface area contributed by atoms with E-state index in [0.717, 1.165) is 5.56 Å². The molecule has 0 saturated carbocycles. The molecule has 15 heavy (non-hydrogen) atoms. The van der Waals surface area contributed by atoms with Gasteiger partial charge in [-0.2, -0.15) is 13.2 Å². The van der Waals surface area contributed by atoms with E-state index in [4.69, 9.17) is 11.1 Å². The molecule has 2 nitrogen and oxygen atoms in total. The molecule has 82 valence electrons. The van der Waals surface area contributed by atoms with Gasteiger partial charge in [0.25, 0.3) is 0 Å². The van der Waals surface area contributed by atoms with Crippen LogP contribution < -0.4 is 5.73 Å². The van der Waals surface area contributed by atoms with Crippen molar-refractivity contribution in [3.05, 3.63) is 29.8 Å². The molecule has 1 rings (SSSR count). The van der Waals surface area contributed by atoms with Gasteiger partial charge in [0.05, 0.1) is 5.84 Å². The number of hydrogen-bond acceptors (Lipinski definition) is 2. The number of alkyl halides is 3. The second kappa shape index (κ2) is 4.57. The molecule has 1 aromatic carbocycles. The molecular weight excluding hydrogens is 225 g/mol. The lowest BCUT2D eigenvalue weighted by Gasteiger charge is -2.06. The molecule has 0 aliphatic rings. The topological polar surface area (TPSA) is 49.9 Å². The number of benzene rings is 1. The maximum atomic E-state index is 12.0. The Bertz CT molecular complexity index is 345. The van der Waals surface area contributed by atoms with Crippen LogP contribution in [0.5, 0.6) is 0 Å². The summed E-state index contributed by atoms with van der Waals surface area (Å²) in [6.45, 7) is 0. The molecule has 0 amide bonds. The first-order valence-electron chi connectivity index (χ1n) is 4.04. The summed E-state index contributed by atoms with van der Waals surface area (Å²) in [4.78, 5) is 0.134. The Hall–Kier alpha value is -1.17. The minimum Gasteiger partial charge on any atom is -0.387 e. The van der Waals surface area contributed by atoms with Crippen molar-refractivity contribution in [3.8, 4) is 0 Å². The molecule has 0 bridgehead atoms. The standard InChI is InChI=1S/C9H9F3N2S/c10-9(11,12)15-7-3-1-6(2-4-7)5-8(13)14/h1-4H,5H2,(H3,13,14). The molecule has 0 spiro atoms. The second-order valence-corrected chi connectivity index (χ2v) is 4.03. The van der Waals surface area contributed by atoms with Gasteiger partial charge in [0, 0.05) is 11.3 Å². The lowest BCUT2D eigenvalue weighted by Crippen LogP contribution is -2.12. The fourth-order valence-electron chi connectivity index (χ4n) is 1.03. The van der Waals surface area contributed by atoms with Gasteiger partial charge < -0.3 is 5.73 Å². The summed E-state index contributed by atoms with van der Waals surface area (Å²) in [6.07, 6.45) is 0.261. The van der Waals surface area contributed by atoms with Crippen LogP contribution in [0.15, 0.2) is 29.2 Å². The van der Waals surface area contributed by atoms with E-state index in [0.29, 0.717) is 0 Å². The highest BCUT2D eigenvalue weighted by Gasteiger charge is 2.28. The number of hydrogen-bond donors (Lipinski definition) is 2. The number of thioether (sulfide) groups is 1. The van der Waals surface area contributed by atoms with E-state index in [1.54, 1.807) is 0 Å². The van der Waals surface area contributed by atoms with Crippen LogP contribution in [0.25, 0.3) is 0 Å². The zero-order chi connectivity index (χ0) is 11.5. The van der Waals surface area contributed by atoms with Gasteiger partial charge in [-0.3, -0.25) is 5.41 Å². The van der Waals surface area contributed by atoms with Crippen molar-refractivity contribution < 1.29 is 13.2 Å². The van der Waals surface area contributed by atoms with Crippen LogP contribution in [0.4, 0.5) is 13.2 Å². The highest BCUT2D eigenvalue weighted by Crippen LogP contribution is 2.36. The maximum Gasteiger partial charge on any atom is 0.446 e. The first-order chi connectivity index (χ1) is 6.87. The predicted octanol–water partition coefficient (Wildman–Crippen LogP) is 2.78. The molecule has 0 aliphatic heterocycles. The van der Waals surface area contributed by atoms with Gasteiger partial charge in [-0.15, -0.1) is 0 Å². The molecule has 3 N–H and O–H groups in total. The third-order valence-electron chi connectivity index (χ3n) is 1.55. The Labute approximate surface area is 89.2 Å². The Morgan fingerprint density at radius 2 is 1.80 bits per heavy atom. The molecule has 0 heterocycles. The largest absolute Gasteiger partial charge is 0.446 e. The third-order valence-corrected chi connectivity index (χ3v) is 2.29. The molecule has 0 radical (unpaired) electrons. The van der Waals surface area contributed by atoms with Crippen molar-refractivity contribution in [2.24, 2.45) is 5.73 Å². The Morgan fingerprint density at radius 1 is 1.27 bits per heavy atom. The van der Waals surface area contributed by atoms with E-state index in [1.807, 2.05) is 0 Å². The van der Waals surface area contributed by atoms with E-state index >= 15 is 0 Å². The van der Waals surface area contributed by atoms with Crippen molar-refractivity contribution in [1.29, 1.82) is 5.41 Å². The van der Waals surface area contributed by atoms with Gasteiger partial charge in [0.1, 0.15) is 0 Å². The van der Waals surface area contributed by atoms with Crippen molar-refractivity contribution in [1.82, 2.24) is 0 Å². The Kier molecular flexibility index (Phi) is 3.62. The summed E-state index contributed by atoms with van der Waals surface area (Å²) >= 11 is -0.157. The number of amidine groups is 1. The Morgan fingerprint density at radius 3 is 2.20 bits per heavy atom. The van der Waals surface area contributed by atoms with Crippen LogP contribution in [0, 0.1) is 5.41 Å². The summed E-state index contributed by atoms with van der Waals surface area (Å²) in [5.74, 6) is -0.00813. The highest BCUT2D eigenvalue weighted by molar-refractivity contribution is 8.00. The van der Waals surface area contributed by atoms with Crippen molar-refractivity contribution in [2.45, 2.75) is 16.8 Å². The summed E-state index contributed by atoms with van der Waals surface area (Å²) in [7, 11) is 0. The van der Waals surface area contributed by atoms with Gasteiger partial charge in [0.15, 0.2) is 0 Å². The molecule has 0 fully saturated rings. The van der Waals surface area contributed by atoms with Crippen LogP contribution in [-0.2, 0) is 6.42 Å². The highest BCUT2D eigenvalue weighted by atomic mass is 32.2. The first kappa shape index (κ1) is 11.9. The average molecular weight is 234 g/mol. The predicted molar refractivity (Wildman–Crippen MR) is 54.0 cm³/mol. The zero-order valence-corrected chi connectivity index (χ0v) is 8.45.